The summed E-state index contributed by atoms with van der Waals surface area (Å²) in [5.41, 5.74) is 1.54. The van der Waals surface area contributed by atoms with E-state index in [0.29, 0.717) is 0 Å². The number of rotatable bonds is 4. The van der Waals surface area contributed by atoms with Crippen LogP contribution in [0.2, 0.25) is 0 Å². The third kappa shape index (κ3) is 4.45. The Morgan fingerprint density at radius 1 is 0.909 bits per heavy atom. The van der Waals surface area contributed by atoms with Crippen LogP contribution in [0.1, 0.15) is 32.1 Å². The lowest BCUT2D eigenvalue weighted by molar-refractivity contribution is -0.119. The fourth-order valence-corrected chi connectivity index (χ4v) is 2.53. The summed E-state index contributed by atoms with van der Waals surface area (Å²) in [6.45, 7) is 0.907. The van der Waals surface area contributed by atoms with Crippen molar-refractivity contribution in [1.29, 1.82) is 0 Å². The van der Waals surface area contributed by atoms with E-state index in [1.165, 1.54) is 0 Å². The minimum absolute atomic E-state index is 0. The molecule has 1 heterocycles. The smallest absolute Gasteiger partial charge is 0.241 e. The van der Waals surface area contributed by atoms with Crippen LogP contribution >= 0.6 is 12.4 Å². The number of carbonyl (C=O) groups excluding carboxylic acids is 2. The van der Waals surface area contributed by atoms with Gasteiger partial charge in [0.25, 0.3) is 0 Å². The standard InChI is InChI=1S/C16H21N3O2.ClH/c20-15(11-4-5-11)18-12-6-8-13(9-7-12)19-16(21)14-3-1-2-10-17-14;/h6-9,11,14,17H,1-5,10H2,(H,18,20)(H,19,21);1H/t14-;/m0./s1. The molecule has 2 amide bonds. The van der Waals surface area contributed by atoms with E-state index in [-0.39, 0.29) is 36.2 Å². The summed E-state index contributed by atoms with van der Waals surface area (Å²) in [6.07, 6.45) is 5.11. The van der Waals surface area contributed by atoms with Crippen LogP contribution in [0.25, 0.3) is 0 Å². The van der Waals surface area contributed by atoms with Gasteiger partial charge in [-0.1, -0.05) is 6.42 Å². The molecule has 3 N–H and O–H groups in total. The van der Waals surface area contributed by atoms with Gasteiger partial charge in [-0.15, -0.1) is 12.4 Å². The first-order valence-electron chi connectivity index (χ1n) is 7.67. The fourth-order valence-electron chi connectivity index (χ4n) is 2.53. The highest BCUT2D eigenvalue weighted by molar-refractivity contribution is 5.96. The molecule has 0 aromatic heterocycles. The predicted octanol–water partition coefficient (Wildman–Crippen LogP) is 2.54. The maximum atomic E-state index is 12.1. The van der Waals surface area contributed by atoms with E-state index < -0.39 is 0 Å². The summed E-state index contributed by atoms with van der Waals surface area (Å²) in [5, 5.41) is 9.02. The number of piperidine rings is 1. The Morgan fingerprint density at radius 2 is 1.50 bits per heavy atom. The Balaban J connectivity index is 0.00000176. The fraction of sp³-hybridized carbons (Fsp3) is 0.500. The molecule has 1 aliphatic heterocycles. The van der Waals surface area contributed by atoms with Gasteiger partial charge in [0.15, 0.2) is 0 Å². The number of benzene rings is 1. The Bertz CT molecular complexity index is 523. The van der Waals surface area contributed by atoms with Crippen LogP contribution in [0.15, 0.2) is 24.3 Å². The molecule has 1 aromatic carbocycles. The zero-order valence-electron chi connectivity index (χ0n) is 12.4. The van der Waals surface area contributed by atoms with Crippen molar-refractivity contribution >= 4 is 35.6 Å². The Labute approximate surface area is 136 Å². The lowest BCUT2D eigenvalue weighted by atomic mass is 10.0. The lowest BCUT2D eigenvalue weighted by Gasteiger charge is -2.22. The van der Waals surface area contributed by atoms with Gasteiger partial charge in [0.05, 0.1) is 6.04 Å². The molecule has 2 aliphatic rings. The summed E-state index contributed by atoms with van der Waals surface area (Å²) < 4.78 is 0. The van der Waals surface area contributed by atoms with Crippen molar-refractivity contribution in [1.82, 2.24) is 5.32 Å². The maximum Gasteiger partial charge on any atom is 0.241 e. The third-order valence-corrected chi connectivity index (χ3v) is 3.99. The molecule has 0 bridgehead atoms. The number of hydrogen-bond acceptors (Lipinski definition) is 3. The van der Waals surface area contributed by atoms with Crippen molar-refractivity contribution < 1.29 is 9.59 Å². The van der Waals surface area contributed by atoms with Gasteiger partial charge in [-0.05, 0) is 56.5 Å². The van der Waals surface area contributed by atoms with Gasteiger partial charge in [-0.25, -0.2) is 0 Å². The summed E-state index contributed by atoms with van der Waals surface area (Å²) in [5.74, 6) is 0.310. The van der Waals surface area contributed by atoms with Crippen molar-refractivity contribution in [2.45, 2.75) is 38.1 Å². The van der Waals surface area contributed by atoms with E-state index in [1.807, 2.05) is 24.3 Å². The van der Waals surface area contributed by atoms with E-state index in [1.54, 1.807) is 0 Å². The Kier molecular flexibility index (Phi) is 5.80. The normalized spacial score (nSPS) is 20.6. The molecule has 1 saturated heterocycles. The highest BCUT2D eigenvalue weighted by Gasteiger charge is 2.29. The van der Waals surface area contributed by atoms with Crippen LogP contribution in [-0.4, -0.2) is 24.4 Å². The van der Waals surface area contributed by atoms with Gasteiger partial charge in [0.2, 0.25) is 11.8 Å². The third-order valence-electron chi connectivity index (χ3n) is 3.99. The summed E-state index contributed by atoms with van der Waals surface area (Å²) in [7, 11) is 0. The number of nitrogens with one attached hydrogen (secondary N) is 3. The van der Waals surface area contributed by atoms with Gasteiger partial charge >= 0.3 is 0 Å². The van der Waals surface area contributed by atoms with Crippen molar-refractivity contribution in [3.8, 4) is 0 Å². The molecule has 5 nitrogen and oxygen atoms in total. The first kappa shape index (κ1) is 16.8. The number of amides is 2. The summed E-state index contributed by atoms with van der Waals surface area (Å²) in [4.78, 5) is 23.7. The largest absolute Gasteiger partial charge is 0.326 e. The molecule has 1 aliphatic carbocycles. The van der Waals surface area contributed by atoms with Crippen molar-refractivity contribution in [2.24, 2.45) is 5.92 Å². The van der Waals surface area contributed by atoms with Gasteiger partial charge < -0.3 is 16.0 Å². The second-order valence-electron chi connectivity index (χ2n) is 5.83. The van der Waals surface area contributed by atoms with Crippen molar-refractivity contribution in [2.75, 3.05) is 17.2 Å². The first-order valence-corrected chi connectivity index (χ1v) is 7.67. The van der Waals surface area contributed by atoms with Gasteiger partial charge in [-0.3, -0.25) is 9.59 Å². The van der Waals surface area contributed by atoms with Crippen LogP contribution in [0.3, 0.4) is 0 Å². The number of hydrogen-bond donors (Lipinski definition) is 3. The molecule has 1 atom stereocenters. The minimum Gasteiger partial charge on any atom is -0.326 e. The second-order valence-corrected chi connectivity index (χ2v) is 5.83. The molecule has 0 radical (unpaired) electrons. The molecule has 3 rings (SSSR count). The molecule has 0 spiro atoms. The van der Waals surface area contributed by atoms with E-state index >= 15 is 0 Å². The summed E-state index contributed by atoms with van der Waals surface area (Å²) >= 11 is 0. The average Bonchev–Trinajstić information content (AvgIpc) is 3.35. The molecule has 1 aromatic rings. The Hall–Kier alpha value is -1.59. The quantitative estimate of drug-likeness (QED) is 0.797. The van der Waals surface area contributed by atoms with E-state index in [2.05, 4.69) is 16.0 Å². The molecule has 1 saturated carbocycles. The minimum atomic E-state index is -0.0898. The zero-order valence-corrected chi connectivity index (χ0v) is 13.2. The highest BCUT2D eigenvalue weighted by Crippen LogP contribution is 2.30. The highest BCUT2D eigenvalue weighted by atomic mass is 35.5. The zero-order chi connectivity index (χ0) is 14.7. The van der Waals surface area contributed by atoms with E-state index in [9.17, 15) is 9.59 Å². The van der Waals surface area contributed by atoms with Crippen LogP contribution in [0, 0.1) is 5.92 Å². The van der Waals surface area contributed by atoms with Crippen LogP contribution in [-0.2, 0) is 9.59 Å². The second kappa shape index (κ2) is 7.61. The molecular weight excluding hydrogens is 302 g/mol. The van der Waals surface area contributed by atoms with E-state index in [0.717, 1.165) is 50.0 Å². The van der Waals surface area contributed by atoms with Crippen LogP contribution in [0.5, 0.6) is 0 Å². The topological polar surface area (TPSA) is 70.2 Å². The number of anilines is 2. The monoisotopic (exact) mass is 323 g/mol. The maximum absolute atomic E-state index is 12.1. The van der Waals surface area contributed by atoms with Gasteiger partial charge in [-0.2, -0.15) is 0 Å². The number of carbonyl (C=O) groups is 2. The SMILES string of the molecule is Cl.O=C(Nc1ccc(NC(=O)[C@@H]2CCCCN2)cc1)C1CC1. The number of halogens is 1. The van der Waals surface area contributed by atoms with Gasteiger partial charge in [0.1, 0.15) is 0 Å². The van der Waals surface area contributed by atoms with Crippen molar-refractivity contribution in [3.63, 3.8) is 0 Å². The van der Waals surface area contributed by atoms with Crippen LogP contribution < -0.4 is 16.0 Å². The van der Waals surface area contributed by atoms with Gasteiger partial charge in [0, 0.05) is 17.3 Å². The molecular formula is C16H22ClN3O2. The molecule has 120 valence electrons. The lowest BCUT2D eigenvalue weighted by Crippen LogP contribution is -2.43. The average molecular weight is 324 g/mol. The first-order chi connectivity index (χ1) is 10.2. The Morgan fingerprint density at radius 3 is 2.00 bits per heavy atom. The molecule has 22 heavy (non-hydrogen) atoms. The van der Waals surface area contributed by atoms with Crippen LogP contribution in [0.4, 0.5) is 11.4 Å². The summed E-state index contributed by atoms with van der Waals surface area (Å²) in [6, 6.07) is 7.20. The molecule has 0 unspecified atom stereocenters. The van der Waals surface area contributed by atoms with E-state index in [4.69, 9.17) is 0 Å². The van der Waals surface area contributed by atoms with Crippen molar-refractivity contribution in [3.05, 3.63) is 24.3 Å². The molecule has 2 fully saturated rings. The predicted molar refractivity (Wildman–Crippen MR) is 89.3 cm³/mol. The molecule has 6 heteroatoms.